The fraction of sp³-hybridized carbons (Fsp3) is 0.105. The number of nitrogens with one attached hydrogen (secondary N) is 2. The normalized spacial score (nSPS) is 10.2. The van der Waals surface area contributed by atoms with Gasteiger partial charge in [0, 0.05) is 18.0 Å². The van der Waals surface area contributed by atoms with Gasteiger partial charge in [0.15, 0.2) is 0 Å². The molecule has 0 bridgehead atoms. The Morgan fingerprint density at radius 2 is 1.93 bits per heavy atom. The monoisotopic (exact) mass is 368 g/mol. The number of hydrogen-bond acceptors (Lipinski definition) is 6. The average molecular weight is 368 g/mol. The Bertz CT molecular complexity index is 965. The van der Waals surface area contributed by atoms with Crippen LogP contribution in [0.5, 0.6) is 11.5 Å². The molecule has 0 radical (unpaired) electrons. The molecule has 138 valence electrons. The van der Waals surface area contributed by atoms with E-state index in [9.17, 15) is 9.18 Å². The highest BCUT2D eigenvalue weighted by Crippen LogP contribution is 2.30. The molecular formula is C19H17FN4O3. The first-order chi connectivity index (χ1) is 13.1. The maximum atomic E-state index is 13.3. The number of aromatic nitrogens is 2. The summed E-state index contributed by atoms with van der Waals surface area (Å²) in [5.74, 6) is 0.465. The van der Waals surface area contributed by atoms with Crippen LogP contribution in [-0.2, 0) is 0 Å². The minimum atomic E-state index is -0.483. The lowest BCUT2D eigenvalue weighted by molar-refractivity contribution is 0.102. The molecule has 1 heterocycles. The molecule has 0 aliphatic heterocycles. The van der Waals surface area contributed by atoms with Crippen molar-refractivity contribution in [3.05, 3.63) is 66.2 Å². The standard InChI is InChI=1S/C19H17FN4O3/c1-26-14-6-7-17(27-2)16(11-14)24-19-21-9-8-15(23-19)18(25)22-13-5-3-4-12(20)10-13/h3-11H,1-2H3,(H,22,25)(H,21,23,24). The van der Waals surface area contributed by atoms with Crippen molar-refractivity contribution in [1.82, 2.24) is 9.97 Å². The number of rotatable bonds is 6. The second kappa shape index (κ2) is 8.13. The molecule has 0 atom stereocenters. The van der Waals surface area contributed by atoms with Crippen molar-refractivity contribution in [3.8, 4) is 11.5 Å². The van der Waals surface area contributed by atoms with Gasteiger partial charge in [-0.25, -0.2) is 14.4 Å². The third-order valence-electron chi connectivity index (χ3n) is 3.62. The third kappa shape index (κ3) is 4.49. The zero-order chi connectivity index (χ0) is 19.2. The summed E-state index contributed by atoms with van der Waals surface area (Å²) in [5.41, 5.74) is 1.04. The summed E-state index contributed by atoms with van der Waals surface area (Å²) in [6.07, 6.45) is 1.45. The number of anilines is 3. The van der Waals surface area contributed by atoms with Gasteiger partial charge >= 0.3 is 0 Å². The van der Waals surface area contributed by atoms with Crippen molar-refractivity contribution >= 4 is 23.2 Å². The van der Waals surface area contributed by atoms with Crippen LogP contribution in [0.25, 0.3) is 0 Å². The van der Waals surface area contributed by atoms with Gasteiger partial charge in [0.05, 0.1) is 19.9 Å². The van der Waals surface area contributed by atoms with Gasteiger partial charge in [0.2, 0.25) is 5.95 Å². The SMILES string of the molecule is COc1ccc(OC)c(Nc2nccc(C(=O)Nc3cccc(F)c3)n2)c1. The molecule has 27 heavy (non-hydrogen) atoms. The predicted molar refractivity (Wildman–Crippen MR) is 99.2 cm³/mol. The molecule has 7 nitrogen and oxygen atoms in total. The Morgan fingerprint density at radius 1 is 1.07 bits per heavy atom. The lowest BCUT2D eigenvalue weighted by Gasteiger charge is -2.12. The first kappa shape index (κ1) is 18.1. The molecule has 0 aliphatic carbocycles. The van der Waals surface area contributed by atoms with Gasteiger partial charge in [0.25, 0.3) is 5.91 Å². The summed E-state index contributed by atoms with van der Waals surface area (Å²) < 4.78 is 23.7. The Hall–Kier alpha value is -3.68. The summed E-state index contributed by atoms with van der Waals surface area (Å²) in [6.45, 7) is 0. The summed E-state index contributed by atoms with van der Waals surface area (Å²) in [5, 5.41) is 5.59. The number of hydrogen-bond donors (Lipinski definition) is 2. The van der Waals surface area contributed by atoms with Crippen molar-refractivity contribution in [1.29, 1.82) is 0 Å². The van der Waals surface area contributed by atoms with Gasteiger partial charge in [0.1, 0.15) is 23.0 Å². The van der Waals surface area contributed by atoms with Gasteiger partial charge < -0.3 is 20.1 Å². The van der Waals surface area contributed by atoms with Crippen LogP contribution in [0.4, 0.5) is 21.7 Å². The Balaban J connectivity index is 1.80. The van der Waals surface area contributed by atoms with Crippen molar-refractivity contribution < 1.29 is 18.7 Å². The first-order valence-electron chi connectivity index (χ1n) is 7.98. The quantitative estimate of drug-likeness (QED) is 0.691. The van der Waals surface area contributed by atoms with Crippen LogP contribution in [0.15, 0.2) is 54.7 Å². The van der Waals surface area contributed by atoms with Crippen LogP contribution in [0.3, 0.4) is 0 Å². The fourth-order valence-electron chi connectivity index (χ4n) is 2.34. The largest absolute Gasteiger partial charge is 0.497 e. The number of carbonyl (C=O) groups excluding carboxylic acids is 1. The van der Waals surface area contributed by atoms with E-state index in [0.717, 1.165) is 0 Å². The molecule has 3 rings (SSSR count). The van der Waals surface area contributed by atoms with E-state index >= 15 is 0 Å². The van der Waals surface area contributed by atoms with Crippen LogP contribution in [0, 0.1) is 5.82 Å². The van der Waals surface area contributed by atoms with Gasteiger partial charge in [-0.15, -0.1) is 0 Å². The molecule has 1 aromatic heterocycles. The van der Waals surface area contributed by atoms with Crippen LogP contribution >= 0.6 is 0 Å². The molecule has 1 amide bonds. The van der Waals surface area contributed by atoms with Gasteiger partial charge in [-0.2, -0.15) is 0 Å². The van der Waals surface area contributed by atoms with Gasteiger partial charge in [-0.05, 0) is 36.4 Å². The maximum absolute atomic E-state index is 13.3. The number of ether oxygens (including phenoxy) is 2. The van der Waals surface area contributed by atoms with Crippen molar-refractivity contribution in [2.75, 3.05) is 24.9 Å². The number of nitrogens with zero attached hydrogens (tertiary/aromatic N) is 2. The van der Waals surface area contributed by atoms with Crippen LogP contribution < -0.4 is 20.1 Å². The van der Waals surface area contributed by atoms with E-state index in [0.29, 0.717) is 22.9 Å². The molecule has 8 heteroatoms. The minimum Gasteiger partial charge on any atom is -0.497 e. The third-order valence-corrected chi connectivity index (χ3v) is 3.62. The predicted octanol–water partition coefficient (Wildman–Crippen LogP) is 3.63. The second-order valence-corrected chi connectivity index (χ2v) is 5.42. The molecular weight excluding hydrogens is 351 g/mol. The van der Waals surface area contributed by atoms with Crippen molar-refractivity contribution in [2.45, 2.75) is 0 Å². The Labute approximate surface area is 155 Å². The molecule has 3 aromatic rings. The van der Waals surface area contributed by atoms with Crippen LogP contribution in [0.1, 0.15) is 10.5 Å². The molecule has 0 unspecified atom stereocenters. The molecule has 2 aromatic carbocycles. The fourth-order valence-corrected chi connectivity index (χ4v) is 2.34. The van der Waals surface area contributed by atoms with E-state index in [1.54, 1.807) is 31.4 Å². The molecule has 0 saturated carbocycles. The van der Waals surface area contributed by atoms with E-state index in [4.69, 9.17) is 9.47 Å². The topological polar surface area (TPSA) is 85.4 Å². The van der Waals surface area contributed by atoms with Crippen molar-refractivity contribution in [2.24, 2.45) is 0 Å². The Morgan fingerprint density at radius 3 is 2.67 bits per heavy atom. The summed E-state index contributed by atoms with van der Waals surface area (Å²) >= 11 is 0. The van der Waals surface area contributed by atoms with Crippen LogP contribution in [-0.4, -0.2) is 30.1 Å². The summed E-state index contributed by atoms with van der Waals surface area (Å²) in [4.78, 5) is 20.7. The number of methoxy groups -OCH3 is 2. The molecule has 2 N–H and O–H groups in total. The highest BCUT2D eigenvalue weighted by atomic mass is 19.1. The van der Waals surface area contributed by atoms with E-state index in [1.807, 2.05) is 0 Å². The number of halogens is 1. The van der Waals surface area contributed by atoms with E-state index < -0.39 is 11.7 Å². The number of amides is 1. The van der Waals surface area contributed by atoms with Crippen LogP contribution in [0.2, 0.25) is 0 Å². The smallest absolute Gasteiger partial charge is 0.274 e. The van der Waals surface area contributed by atoms with Gasteiger partial charge in [-0.1, -0.05) is 6.07 Å². The zero-order valence-corrected chi connectivity index (χ0v) is 14.7. The zero-order valence-electron chi connectivity index (χ0n) is 14.7. The molecule has 0 aliphatic rings. The molecule has 0 saturated heterocycles. The second-order valence-electron chi connectivity index (χ2n) is 5.42. The maximum Gasteiger partial charge on any atom is 0.274 e. The summed E-state index contributed by atoms with van der Waals surface area (Å²) in [7, 11) is 3.09. The van der Waals surface area contributed by atoms with Crippen molar-refractivity contribution in [3.63, 3.8) is 0 Å². The first-order valence-corrected chi connectivity index (χ1v) is 7.98. The molecule has 0 fully saturated rings. The highest BCUT2D eigenvalue weighted by Gasteiger charge is 2.12. The minimum absolute atomic E-state index is 0.124. The lowest BCUT2D eigenvalue weighted by Crippen LogP contribution is -2.15. The molecule has 0 spiro atoms. The van der Waals surface area contributed by atoms with E-state index in [2.05, 4.69) is 20.6 Å². The summed E-state index contributed by atoms with van der Waals surface area (Å²) in [6, 6.07) is 12.3. The van der Waals surface area contributed by atoms with E-state index in [1.165, 1.54) is 37.6 Å². The van der Waals surface area contributed by atoms with E-state index in [-0.39, 0.29) is 11.6 Å². The average Bonchev–Trinajstić information content (AvgIpc) is 2.68. The number of carbonyl (C=O) groups is 1. The highest BCUT2D eigenvalue weighted by molar-refractivity contribution is 6.03. The number of benzene rings is 2. The lowest BCUT2D eigenvalue weighted by atomic mass is 10.2. The Kier molecular flexibility index (Phi) is 5.46. The van der Waals surface area contributed by atoms with Gasteiger partial charge in [-0.3, -0.25) is 4.79 Å².